The van der Waals surface area contributed by atoms with Gasteiger partial charge in [0.1, 0.15) is 5.82 Å². The molecule has 0 saturated carbocycles. The smallest absolute Gasteiger partial charge is 0.240 e. The Hall–Kier alpha value is -2.25. The third kappa shape index (κ3) is 5.95. The van der Waals surface area contributed by atoms with E-state index in [4.69, 9.17) is 0 Å². The molecule has 0 heterocycles. The van der Waals surface area contributed by atoms with Gasteiger partial charge in [-0.15, -0.1) is 0 Å². The molecule has 25 heavy (non-hydrogen) atoms. The van der Waals surface area contributed by atoms with Gasteiger partial charge in [-0.2, -0.15) is 0 Å². The van der Waals surface area contributed by atoms with E-state index in [2.05, 4.69) is 10.0 Å². The number of rotatable bonds is 8. The molecule has 2 aromatic carbocycles. The highest BCUT2D eigenvalue weighted by Gasteiger charge is 2.13. The second kappa shape index (κ2) is 8.73. The van der Waals surface area contributed by atoms with Crippen molar-refractivity contribution in [3.05, 3.63) is 59.9 Å². The lowest BCUT2D eigenvalue weighted by atomic mass is 10.1. The first kappa shape index (κ1) is 19.1. The summed E-state index contributed by atoms with van der Waals surface area (Å²) in [6, 6.07) is 12.0. The SMILES string of the molecule is CCCNS(=O)(=O)c1ccc(NC(=O)CCc2ccc(F)cc2)cc1. The summed E-state index contributed by atoms with van der Waals surface area (Å²) in [6.45, 7) is 2.26. The van der Waals surface area contributed by atoms with Gasteiger partial charge < -0.3 is 5.32 Å². The molecule has 0 bridgehead atoms. The van der Waals surface area contributed by atoms with Crippen molar-refractivity contribution in [2.75, 3.05) is 11.9 Å². The van der Waals surface area contributed by atoms with E-state index in [9.17, 15) is 17.6 Å². The van der Waals surface area contributed by atoms with Crippen molar-refractivity contribution in [2.45, 2.75) is 31.1 Å². The highest BCUT2D eigenvalue weighted by molar-refractivity contribution is 7.89. The van der Waals surface area contributed by atoms with E-state index in [-0.39, 0.29) is 23.0 Å². The number of amides is 1. The van der Waals surface area contributed by atoms with Gasteiger partial charge in [0.2, 0.25) is 15.9 Å². The highest BCUT2D eigenvalue weighted by atomic mass is 32.2. The Balaban J connectivity index is 1.89. The van der Waals surface area contributed by atoms with Crippen LogP contribution in [0.15, 0.2) is 53.4 Å². The van der Waals surface area contributed by atoms with Crippen LogP contribution >= 0.6 is 0 Å². The van der Waals surface area contributed by atoms with Crippen molar-refractivity contribution in [1.82, 2.24) is 4.72 Å². The maximum atomic E-state index is 12.8. The first-order chi connectivity index (χ1) is 11.9. The lowest BCUT2D eigenvalue weighted by molar-refractivity contribution is -0.116. The molecule has 134 valence electrons. The van der Waals surface area contributed by atoms with Crippen molar-refractivity contribution in [1.29, 1.82) is 0 Å². The zero-order valence-corrected chi connectivity index (χ0v) is 14.8. The van der Waals surface area contributed by atoms with E-state index >= 15 is 0 Å². The summed E-state index contributed by atoms with van der Waals surface area (Å²) >= 11 is 0. The minimum atomic E-state index is -3.51. The van der Waals surface area contributed by atoms with Gasteiger partial charge in [-0.05, 0) is 54.8 Å². The molecule has 7 heteroatoms. The Labute approximate surface area is 147 Å². The van der Waals surface area contributed by atoms with Crippen LogP contribution < -0.4 is 10.0 Å². The summed E-state index contributed by atoms with van der Waals surface area (Å²) in [7, 11) is -3.51. The van der Waals surface area contributed by atoms with E-state index in [1.165, 1.54) is 24.3 Å². The third-order valence-corrected chi connectivity index (χ3v) is 5.02. The average molecular weight is 364 g/mol. The van der Waals surface area contributed by atoms with Crippen molar-refractivity contribution in [3.8, 4) is 0 Å². The lowest BCUT2D eigenvalue weighted by Gasteiger charge is -2.08. The molecule has 1 amide bonds. The van der Waals surface area contributed by atoms with E-state index in [0.717, 1.165) is 5.56 Å². The third-order valence-electron chi connectivity index (χ3n) is 3.54. The largest absolute Gasteiger partial charge is 0.326 e. The summed E-state index contributed by atoms with van der Waals surface area (Å²) in [6.07, 6.45) is 1.46. The standard InChI is InChI=1S/C18H21FN2O3S/c1-2-13-20-25(23,24)17-10-8-16(9-11-17)21-18(22)12-5-14-3-6-15(19)7-4-14/h3-4,6-11,20H,2,5,12-13H2,1H3,(H,21,22). The Kier molecular flexibility index (Phi) is 6.66. The second-order valence-corrected chi connectivity index (χ2v) is 7.36. The van der Waals surface area contributed by atoms with Crippen molar-refractivity contribution in [2.24, 2.45) is 0 Å². The van der Waals surface area contributed by atoms with Gasteiger partial charge in [0.25, 0.3) is 0 Å². The molecule has 0 spiro atoms. The maximum Gasteiger partial charge on any atom is 0.240 e. The molecule has 0 unspecified atom stereocenters. The molecule has 0 aromatic heterocycles. The number of hydrogen-bond donors (Lipinski definition) is 2. The van der Waals surface area contributed by atoms with Crippen LogP contribution in [0.4, 0.5) is 10.1 Å². The molecule has 2 aromatic rings. The van der Waals surface area contributed by atoms with E-state index in [1.54, 1.807) is 24.3 Å². The number of carbonyl (C=O) groups excluding carboxylic acids is 1. The first-order valence-electron chi connectivity index (χ1n) is 8.05. The second-order valence-electron chi connectivity index (χ2n) is 5.60. The van der Waals surface area contributed by atoms with Gasteiger partial charge in [0.05, 0.1) is 4.90 Å². The normalized spacial score (nSPS) is 11.3. The summed E-state index contributed by atoms with van der Waals surface area (Å²) in [5, 5.41) is 2.72. The molecule has 2 N–H and O–H groups in total. The quantitative estimate of drug-likeness (QED) is 0.756. The summed E-state index contributed by atoms with van der Waals surface area (Å²) < 4.78 is 39.3. The molecule has 2 rings (SSSR count). The molecule has 0 aliphatic heterocycles. The Morgan fingerprint density at radius 1 is 1.04 bits per heavy atom. The number of benzene rings is 2. The van der Waals surface area contributed by atoms with E-state index in [1.807, 2.05) is 6.92 Å². The Morgan fingerprint density at radius 3 is 2.28 bits per heavy atom. The fourth-order valence-electron chi connectivity index (χ4n) is 2.17. The summed E-state index contributed by atoms with van der Waals surface area (Å²) in [5.41, 5.74) is 1.40. The van der Waals surface area contributed by atoms with Gasteiger partial charge in [-0.25, -0.2) is 17.5 Å². The molecule has 5 nitrogen and oxygen atoms in total. The number of nitrogens with one attached hydrogen (secondary N) is 2. The molecule has 0 saturated heterocycles. The first-order valence-corrected chi connectivity index (χ1v) is 9.53. The molecule has 0 aliphatic rings. The summed E-state index contributed by atoms with van der Waals surface area (Å²) in [4.78, 5) is 12.1. The van der Waals surface area contributed by atoms with Crippen LogP contribution in [0.5, 0.6) is 0 Å². The average Bonchev–Trinajstić information content (AvgIpc) is 2.60. The van der Waals surface area contributed by atoms with Crippen molar-refractivity contribution >= 4 is 21.6 Å². The number of halogens is 1. The fraction of sp³-hybridized carbons (Fsp3) is 0.278. The Bertz CT molecular complexity index is 803. The number of anilines is 1. The number of aryl methyl sites for hydroxylation is 1. The fourth-order valence-corrected chi connectivity index (χ4v) is 3.30. The van der Waals surface area contributed by atoms with Crippen LogP contribution in [0.3, 0.4) is 0 Å². The van der Waals surface area contributed by atoms with Crippen LogP contribution in [0.25, 0.3) is 0 Å². The molecule has 0 aliphatic carbocycles. The van der Waals surface area contributed by atoms with Gasteiger partial charge in [-0.1, -0.05) is 19.1 Å². The topological polar surface area (TPSA) is 75.3 Å². The van der Waals surface area contributed by atoms with Crippen LogP contribution in [0, 0.1) is 5.82 Å². The zero-order valence-electron chi connectivity index (χ0n) is 14.0. The van der Waals surface area contributed by atoms with Crippen LogP contribution in [-0.4, -0.2) is 20.9 Å². The summed E-state index contributed by atoms with van der Waals surface area (Å²) in [5.74, 6) is -0.499. The Morgan fingerprint density at radius 2 is 1.68 bits per heavy atom. The minimum absolute atomic E-state index is 0.158. The van der Waals surface area contributed by atoms with Crippen LogP contribution in [-0.2, 0) is 21.2 Å². The maximum absolute atomic E-state index is 12.8. The molecule has 0 atom stereocenters. The van der Waals surface area contributed by atoms with Crippen LogP contribution in [0.1, 0.15) is 25.3 Å². The monoisotopic (exact) mass is 364 g/mol. The van der Waals surface area contributed by atoms with Crippen LogP contribution in [0.2, 0.25) is 0 Å². The molecular weight excluding hydrogens is 343 g/mol. The number of sulfonamides is 1. The van der Waals surface area contributed by atoms with Gasteiger partial charge >= 0.3 is 0 Å². The molecule has 0 radical (unpaired) electrons. The van der Waals surface area contributed by atoms with E-state index in [0.29, 0.717) is 25.1 Å². The number of carbonyl (C=O) groups is 1. The lowest BCUT2D eigenvalue weighted by Crippen LogP contribution is -2.24. The van der Waals surface area contributed by atoms with E-state index < -0.39 is 10.0 Å². The molecule has 0 fully saturated rings. The van der Waals surface area contributed by atoms with Crippen molar-refractivity contribution < 1.29 is 17.6 Å². The van der Waals surface area contributed by atoms with Gasteiger partial charge in [0, 0.05) is 18.7 Å². The predicted octanol–water partition coefficient (Wildman–Crippen LogP) is 3.09. The minimum Gasteiger partial charge on any atom is -0.326 e. The predicted molar refractivity (Wildman–Crippen MR) is 95.3 cm³/mol. The van der Waals surface area contributed by atoms with Gasteiger partial charge in [-0.3, -0.25) is 4.79 Å². The number of hydrogen-bond acceptors (Lipinski definition) is 3. The zero-order chi connectivity index (χ0) is 18.3. The highest BCUT2D eigenvalue weighted by Crippen LogP contribution is 2.14. The molecular formula is C18H21FN2O3S. The van der Waals surface area contributed by atoms with Crippen molar-refractivity contribution in [3.63, 3.8) is 0 Å². The van der Waals surface area contributed by atoms with Gasteiger partial charge in [0.15, 0.2) is 0 Å².